The minimum Gasteiger partial charge on any atom is -0.283 e. The van der Waals surface area contributed by atoms with Crippen LogP contribution in [0.15, 0.2) is 23.3 Å². The first kappa shape index (κ1) is 10.6. The Bertz CT molecular complexity index is 577. The number of hydrogen-bond acceptors (Lipinski definition) is 3. The quantitative estimate of drug-likeness (QED) is 0.571. The van der Waals surface area contributed by atoms with Crippen LogP contribution in [-0.4, -0.2) is 15.5 Å². The molecule has 0 radical (unpaired) electrons. The van der Waals surface area contributed by atoms with E-state index in [0.717, 1.165) is 16.9 Å². The molecule has 2 rings (SSSR count). The number of fused-ring (bicyclic) bond motifs is 1. The van der Waals surface area contributed by atoms with Crippen molar-refractivity contribution >= 4 is 17.5 Å². The largest absolute Gasteiger partial charge is 0.283 e. The van der Waals surface area contributed by atoms with Crippen molar-refractivity contribution in [2.24, 2.45) is 4.99 Å². The van der Waals surface area contributed by atoms with E-state index in [9.17, 15) is 4.79 Å². The van der Waals surface area contributed by atoms with Gasteiger partial charge in [-0.15, -0.1) is 4.99 Å². The molecule has 2 heterocycles. The van der Waals surface area contributed by atoms with Gasteiger partial charge in [0.25, 0.3) is 0 Å². The summed E-state index contributed by atoms with van der Waals surface area (Å²) in [5.41, 5.74) is 2.74. The summed E-state index contributed by atoms with van der Waals surface area (Å²) in [7, 11) is 0. The van der Waals surface area contributed by atoms with Crippen molar-refractivity contribution in [3.63, 3.8) is 0 Å². The normalized spacial score (nSPS) is 10.8. The number of nitrogens with zero attached hydrogens (tertiary/aromatic N) is 3. The molecule has 0 aromatic carbocycles. The van der Waals surface area contributed by atoms with E-state index in [1.54, 1.807) is 6.08 Å². The van der Waals surface area contributed by atoms with E-state index in [1.807, 2.05) is 43.5 Å². The zero-order valence-electron chi connectivity index (χ0n) is 9.56. The Labute approximate surface area is 93.7 Å². The first-order valence-electron chi connectivity index (χ1n) is 5.20. The van der Waals surface area contributed by atoms with E-state index in [4.69, 9.17) is 0 Å². The SMILES string of the molecule is Cc1cccn2c(N=C=O)c(C(C)C)nc12. The van der Waals surface area contributed by atoms with Crippen LogP contribution in [-0.2, 0) is 4.79 Å². The van der Waals surface area contributed by atoms with Crippen LogP contribution in [0.25, 0.3) is 5.65 Å². The van der Waals surface area contributed by atoms with Crippen molar-refractivity contribution in [3.8, 4) is 0 Å². The highest BCUT2D eigenvalue weighted by molar-refractivity contribution is 5.60. The maximum absolute atomic E-state index is 10.4. The number of aliphatic imine (C=N–C) groups is 1. The van der Waals surface area contributed by atoms with Crippen molar-refractivity contribution in [1.82, 2.24) is 9.38 Å². The first-order valence-corrected chi connectivity index (χ1v) is 5.20. The van der Waals surface area contributed by atoms with Gasteiger partial charge in [-0.25, -0.2) is 9.78 Å². The van der Waals surface area contributed by atoms with Gasteiger partial charge in [0.1, 0.15) is 5.65 Å². The van der Waals surface area contributed by atoms with E-state index in [1.165, 1.54) is 0 Å². The number of hydrogen-bond donors (Lipinski definition) is 0. The second-order valence-corrected chi connectivity index (χ2v) is 4.06. The zero-order chi connectivity index (χ0) is 11.7. The van der Waals surface area contributed by atoms with Crippen molar-refractivity contribution in [3.05, 3.63) is 29.6 Å². The lowest BCUT2D eigenvalue weighted by atomic mass is 10.1. The molecule has 2 aromatic rings. The standard InChI is InChI=1S/C12H13N3O/c1-8(2)10-12(13-7-16)15-6-4-5-9(3)11(15)14-10/h4-6,8H,1-3H3. The summed E-state index contributed by atoms with van der Waals surface area (Å²) >= 11 is 0. The maximum atomic E-state index is 10.4. The van der Waals surface area contributed by atoms with E-state index in [2.05, 4.69) is 9.98 Å². The molecule has 0 aliphatic carbocycles. The molecular formula is C12H13N3O. The predicted molar refractivity (Wildman–Crippen MR) is 61.8 cm³/mol. The Hall–Kier alpha value is -1.93. The van der Waals surface area contributed by atoms with Crippen LogP contribution in [0.1, 0.15) is 31.0 Å². The number of aryl methyl sites for hydroxylation is 1. The monoisotopic (exact) mass is 215 g/mol. The fourth-order valence-corrected chi connectivity index (χ4v) is 1.75. The summed E-state index contributed by atoms with van der Waals surface area (Å²) in [5, 5.41) is 0. The molecule has 2 aromatic heterocycles. The van der Waals surface area contributed by atoms with E-state index in [-0.39, 0.29) is 5.92 Å². The van der Waals surface area contributed by atoms with Crippen molar-refractivity contribution in [2.45, 2.75) is 26.7 Å². The van der Waals surface area contributed by atoms with Gasteiger partial charge in [-0.05, 0) is 24.5 Å². The minimum atomic E-state index is 0.228. The van der Waals surface area contributed by atoms with Gasteiger partial charge in [0, 0.05) is 6.20 Å². The molecule has 0 bridgehead atoms. The number of aromatic nitrogens is 2. The predicted octanol–water partition coefficient (Wildman–Crippen LogP) is 2.73. The molecule has 0 fully saturated rings. The average Bonchev–Trinajstić information content (AvgIpc) is 2.60. The number of isocyanates is 1. The highest BCUT2D eigenvalue weighted by Crippen LogP contribution is 2.28. The third kappa shape index (κ3) is 1.53. The summed E-state index contributed by atoms with van der Waals surface area (Å²) in [6.45, 7) is 6.04. The first-order chi connectivity index (χ1) is 7.65. The van der Waals surface area contributed by atoms with Gasteiger partial charge in [-0.2, -0.15) is 0 Å². The van der Waals surface area contributed by atoms with Crippen LogP contribution < -0.4 is 0 Å². The van der Waals surface area contributed by atoms with E-state index < -0.39 is 0 Å². The Morgan fingerprint density at radius 1 is 1.50 bits per heavy atom. The highest BCUT2D eigenvalue weighted by Gasteiger charge is 2.15. The van der Waals surface area contributed by atoms with Gasteiger partial charge in [0.2, 0.25) is 6.08 Å². The second-order valence-electron chi connectivity index (χ2n) is 4.06. The van der Waals surface area contributed by atoms with Gasteiger partial charge >= 0.3 is 0 Å². The number of carbonyl (C=O) groups excluding carboxylic acids is 1. The average molecular weight is 215 g/mol. The van der Waals surface area contributed by atoms with Crippen LogP contribution in [0, 0.1) is 6.92 Å². The molecule has 16 heavy (non-hydrogen) atoms. The lowest BCUT2D eigenvalue weighted by Gasteiger charge is -2.00. The van der Waals surface area contributed by atoms with Crippen molar-refractivity contribution in [2.75, 3.05) is 0 Å². The van der Waals surface area contributed by atoms with Crippen LogP contribution in [0.5, 0.6) is 0 Å². The van der Waals surface area contributed by atoms with E-state index >= 15 is 0 Å². The molecule has 0 spiro atoms. The molecule has 0 aliphatic rings. The maximum Gasteiger partial charge on any atom is 0.242 e. The van der Waals surface area contributed by atoms with Crippen LogP contribution >= 0.6 is 0 Å². The molecule has 0 aliphatic heterocycles. The minimum absolute atomic E-state index is 0.228. The molecule has 0 saturated heterocycles. The molecule has 4 nitrogen and oxygen atoms in total. The lowest BCUT2D eigenvalue weighted by molar-refractivity contribution is 0.565. The molecule has 0 amide bonds. The van der Waals surface area contributed by atoms with Gasteiger partial charge in [-0.1, -0.05) is 19.9 Å². The Kier molecular flexibility index (Phi) is 2.59. The van der Waals surface area contributed by atoms with Crippen molar-refractivity contribution in [1.29, 1.82) is 0 Å². The van der Waals surface area contributed by atoms with Crippen LogP contribution in [0.2, 0.25) is 0 Å². The van der Waals surface area contributed by atoms with Gasteiger partial charge < -0.3 is 0 Å². The summed E-state index contributed by atoms with van der Waals surface area (Å²) < 4.78 is 1.83. The lowest BCUT2D eigenvalue weighted by Crippen LogP contribution is -1.87. The van der Waals surface area contributed by atoms with E-state index in [0.29, 0.717) is 5.82 Å². The fraction of sp³-hybridized carbons (Fsp3) is 0.333. The molecule has 0 unspecified atom stereocenters. The summed E-state index contributed by atoms with van der Waals surface area (Å²) in [6, 6.07) is 3.90. The third-order valence-corrected chi connectivity index (χ3v) is 2.54. The molecule has 82 valence electrons. The number of imidazole rings is 1. The second kappa shape index (κ2) is 3.91. The van der Waals surface area contributed by atoms with Crippen molar-refractivity contribution < 1.29 is 4.79 Å². The third-order valence-electron chi connectivity index (χ3n) is 2.54. The Morgan fingerprint density at radius 3 is 2.88 bits per heavy atom. The fourth-order valence-electron chi connectivity index (χ4n) is 1.75. The summed E-state index contributed by atoms with van der Waals surface area (Å²) in [6.07, 6.45) is 3.45. The molecule has 0 N–H and O–H groups in total. The highest BCUT2D eigenvalue weighted by atomic mass is 16.1. The summed E-state index contributed by atoms with van der Waals surface area (Å²) in [4.78, 5) is 18.7. The zero-order valence-corrected chi connectivity index (χ0v) is 9.56. The van der Waals surface area contributed by atoms with Crippen LogP contribution in [0.3, 0.4) is 0 Å². The topological polar surface area (TPSA) is 46.7 Å². The summed E-state index contributed by atoms with van der Waals surface area (Å²) in [5.74, 6) is 0.815. The molecule has 4 heteroatoms. The number of rotatable bonds is 2. The van der Waals surface area contributed by atoms with Gasteiger partial charge in [-0.3, -0.25) is 4.40 Å². The Balaban J connectivity index is 2.86. The van der Waals surface area contributed by atoms with Crippen LogP contribution in [0.4, 0.5) is 5.82 Å². The Morgan fingerprint density at radius 2 is 2.25 bits per heavy atom. The number of pyridine rings is 1. The van der Waals surface area contributed by atoms with Gasteiger partial charge in [0.15, 0.2) is 5.82 Å². The molecule has 0 saturated carbocycles. The van der Waals surface area contributed by atoms with Gasteiger partial charge in [0.05, 0.1) is 5.69 Å². The smallest absolute Gasteiger partial charge is 0.242 e. The molecular weight excluding hydrogens is 202 g/mol. The molecule has 0 atom stereocenters.